The molecule has 0 bridgehead atoms. The monoisotopic (exact) mass is 284 g/mol. The van der Waals surface area contributed by atoms with Gasteiger partial charge in [-0.25, -0.2) is 0 Å². The Hall–Kier alpha value is -1.84. The Kier molecular flexibility index (Phi) is 4.99. The zero-order valence-corrected chi connectivity index (χ0v) is 13.2. The number of hydrogen-bond acceptors (Lipinski definition) is 3. The van der Waals surface area contributed by atoms with Gasteiger partial charge in [0.15, 0.2) is 0 Å². The van der Waals surface area contributed by atoms with E-state index in [-0.39, 0.29) is 6.04 Å². The molecular weight excluding hydrogens is 260 g/mol. The Morgan fingerprint density at radius 2 is 1.62 bits per heavy atom. The van der Waals surface area contributed by atoms with E-state index in [1.54, 1.807) is 7.11 Å². The van der Waals surface area contributed by atoms with Crippen LogP contribution in [0.4, 0.5) is 0 Å². The van der Waals surface area contributed by atoms with Gasteiger partial charge in [0.1, 0.15) is 5.75 Å². The lowest BCUT2D eigenvalue weighted by atomic mass is 9.92. The fourth-order valence-electron chi connectivity index (χ4n) is 2.61. The van der Waals surface area contributed by atoms with Crippen LogP contribution in [0, 0.1) is 20.8 Å². The van der Waals surface area contributed by atoms with Crippen LogP contribution in [0.15, 0.2) is 36.4 Å². The summed E-state index contributed by atoms with van der Waals surface area (Å²) in [7, 11) is 1.68. The smallest absolute Gasteiger partial charge is 0.118 e. The molecule has 0 aliphatic rings. The third-order valence-electron chi connectivity index (χ3n) is 4.06. The van der Waals surface area contributed by atoms with Crippen molar-refractivity contribution in [2.24, 2.45) is 5.84 Å². The van der Waals surface area contributed by atoms with Gasteiger partial charge < -0.3 is 4.74 Å². The van der Waals surface area contributed by atoms with E-state index in [4.69, 9.17) is 10.6 Å². The number of rotatable bonds is 5. The summed E-state index contributed by atoms with van der Waals surface area (Å²) >= 11 is 0. The van der Waals surface area contributed by atoms with Gasteiger partial charge in [0.2, 0.25) is 0 Å². The van der Waals surface area contributed by atoms with E-state index in [1.807, 2.05) is 12.1 Å². The molecule has 3 heteroatoms. The largest absolute Gasteiger partial charge is 0.497 e. The number of benzene rings is 2. The van der Waals surface area contributed by atoms with Crippen molar-refractivity contribution in [1.82, 2.24) is 5.43 Å². The Balaban J connectivity index is 2.25. The quantitative estimate of drug-likeness (QED) is 0.653. The lowest BCUT2D eigenvalue weighted by Crippen LogP contribution is -2.30. The highest BCUT2D eigenvalue weighted by atomic mass is 16.5. The maximum absolute atomic E-state index is 5.79. The summed E-state index contributed by atoms with van der Waals surface area (Å²) in [4.78, 5) is 0. The Bertz CT molecular complexity index is 605. The maximum atomic E-state index is 5.79. The van der Waals surface area contributed by atoms with Crippen molar-refractivity contribution in [2.75, 3.05) is 7.11 Å². The molecule has 112 valence electrons. The normalized spacial score (nSPS) is 12.2. The van der Waals surface area contributed by atoms with Gasteiger partial charge in [-0.15, -0.1) is 0 Å². The van der Waals surface area contributed by atoms with E-state index in [9.17, 15) is 0 Å². The van der Waals surface area contributed by atoms with Crippen LogP contribution in [0.1, 0.15) is 33.9 Å². The van der Waals surface area contributed by atoms with Crippen LogP contribution in [-0.4, -0.2) is 7.11 Å². The number of hydrogen-bond donors (Lipinski definition) is 2. The molecule has 1 unspecified atom stereocenters. The summed E-state index contributed by atoms with van der Waals surface area (Å²) < 4.78 is 5.19. The zero-order chi connectivity index (χ0) is 15.4. The fourth-order valence-corrected chi connectivity index (χ4v) is 2.61. The summed E-state index contributed by atoms with van der Waals surface area (Å²) in [6.07, 6.45) is 0.851. The van der Waals surface area contributed by atoms with E-state index < -0.39 is 0 Å². The highest BCUT2D eigenvalue weighted by molar-refractivity contribution is 5.39. The first-order valence-electron chi connectivity index (χ1n) is 7.22. The molecule has 2 rings (SSSR count). The molecule has 2 aromatic rings. The van der Waals surface area contributed by atoms with Crippen LogP contribution in [0.2, 0.25) is 0 Å². The van der Waals surface area contributed by atoms with Gasteiger partial charge >= 0.3 is 0 Å². The van der Waals surface area contributed by atoms with Crippen LogP contribution in [0.3, 0.4) is 0 Å². The molecule has 3 nitrogen and oxygen atoms in total. The predicted octanol–water partition coefficient (Wildman–Crippen LogP) is 3.37. The molecule has 21 heavy (non-hydrogen) atoms. The molecule has 0 fully saturated rings. The van der Waals surface area contributed by atoms with Gasteiger partial charge in [-0.3, -0.25) is 11.3 Å². The van der Waals surface area contributed by atoms with Gasteiger partial charge in [0, 0.05) is 0 Å². The standard InChI is InChI=1S/C18H24N2O/c1-12-9-14(3)17(10-13(12)2)18(20-19)11-15-5-7-16(21-4)8-6-15/h5-10,18,20H,11,19H2,1-4H3. The van der Waals surface area contributed by atoms with Crippen molar-refractivity contribution in [2.45, 2.75) is 33.2 Å². The van der Waals surface area contributed by atoms with E-state index in [1.165, 1.54) is 27.8 Å². The first-order valence-corrected chi connectivity index (χ1v) is 7.22. The van der Waals surface area contributed by atoms with Gasteiger partial charge in [0.05, 0.1) is 13.2 Å². The van der Waals surface area contributed by atoms with Crippen LogP contribution in [0.5, 0.6) is 5.75 Å². The van der Waals surface area contributed by atoms with Crippen molar-refractivity contribution >= 4 is 0 Å². The van der Waals surface area contributed by atoms with E-state index in [0.717, 1.165) is 12.2 Å². The first-order chi connectivity index (χ1) is 10.0. The molecule has 0 amide bonds. The lowest BCUT2D eigenvalue weighted by molar-refractivity contribution is 0.414. The third-order valence-corrected chi connectivity index (χ3v) is 4.06. The second kappa shape index (κ2) is 6.74. The zero-order valence-electron chi connectivity index (χ0n) is 13.2. The molecule has 1 atom stereocenters. The second-order valence-corrected chi connectivity index (χ2v) is 5.56. The highest BCUT2D eigenvalue weighted by Gasteiger charge is 2.14. The molecular formula is C18H24N2O. The minimum atomic E-state index is 0.109. The Morgan fingerprint density at radius 3 is 2.19 bits per heavy atom. The fraction of sp³-hybridized carbons (Fsp3) is 0.333. The number of nitrogens with one attached hydrogen (secondary N) is 1. The van der Waals surface area contributed by atoms with Gasteiger partial charge in [-0.1, -0.05) is 24.3 Å². The van der Waals surface area contributed by atoms with Crippen LogP contribution < -0.4 is 16.0 Å². The number of methoxy groups -OCH3 is 1. The maximum Gasteiger partial charge on any atom is 0.118 e. The van der Waals surface area contributed by atoms with Gasteiger partial charge in [-0.05, 0) is 67.1 Å². The average Bonchev–Trinajstić information content (AvgIpc) is 2.49. The minimum absolute atomic E-state index is 0.109. The lowest BCUT2D eigenvalue weighted by Gasteiger charge is -2.20. The molecule has 2 aromatic carbocycles. The molecule has 0 aromatic heterocycles. The second-order valence-electron chi connectivity index (χ2n) is 5.56. The molecule has 3 N–H and O–H groups in total. The van der Waals surface area contributed by atoms with E-state index >= 15 is 0 Å². The number of aryl methyl sites for hydroxylation is 3. The number of nitrogens with two attached hydrogens (primary N) is 1. The van der Waals surface area contributed by atoms with Crippen molar-refractivity contribution in [1.29, 1.82) is 0 Å². The SMILES string of the molecule is COc1ccc(CC(NN)c2cc(C)c(C)cc2C)cc1. The number of hydrazine groups is 1. The molecule has 0 saturated heterocycles. The van der Waals surface area contributed by atoms with Crippen molar-refractivity contribution < 1.29 is 4.74 Å². The highest BCUT2D eigenvalue weighted by Crippen LogP contribution is 2.25. The van der Waals surface area contributed by atoms with E-state index in [2.05, 4.69) is 50.5 Å². The molecule has 0 aliphatic carbocycles. The van der Waals surface area contributed by atoms with Crippen molar-refractivity contribution in [3.63, 3.8) is 0 Å². The van der Waals surface area contributed by atoms with Crippen molar-refractivity contribution in [3.05, 3.63) is 64.2 Å². The molecule has 0 spiro atoms. The molecule has 0 radical (unpaired) electrons. The average molecular weight is 284 g/mol. The van der Waals surface area contributed by atoms with Crippen LogP contribution >= 0.6 is 0 Å². The van der Waals surface area contributed by atoms with Crippen LogP contribution in [-0.2, 0) is 6.42 Å². The van der Waals surface area contributed by atoms with Gasteiger partial charge in [-0.2, -0.15) is 0 Å². The molecule has 0 heterocycles. The van der Waals surface area contributed by atoms with Crippen LogP contribution in [0.25, 0.3) is 0 Å². The van der Waals surface area contributed by atoms with Crippen molar-refractivity contribution in [3.8, 4) is 5.75 Å². The topological polar surface area (TPSA) is 47.3 Å². The predicted molar refractivity (Wildman–Crippen MR) is 87.4 cm³/mol. The summed E-state index contributed by atoms with van der Waals surface area (Å²) in [6, 6.07) is 12.7. The summed E-state index contributed by atoms with van der Waals surface area (Å²) in [5, 5.41) is 0. The van der Waals surface area contributed by atoms with E-state index in [0.29, 0.717) is 0 Å². The molecule has 0 saturated carbocycles. The summed E-state index contributed by atoms with van der Waals surface area (Å²) in [5.74, 6) is 6.66. The number of ether oxygens (including phenoxy) is 1. The molecule has 0 aliphatic heterocycles. The first kappa shape index (κ1) is 15.5. The minimum Gasteiger partial charge on any atom is -0.497 e. The Labute approximate surface area is 127 Å². The summed E-state index contributed by atoms with van der Waals surface area (Å²) in [5.41, 5.74) is 9.33. The Morgan fingerprint density at radius 1 is 1.00 bits per heavy atom. The summed E-state index contributed by atoms with van der Waals surface area (Å²) in [6.45, 7) is 6.42. The third kappa shape index (κ3) is 3.63. The van der Waals surface area contributed by atoms with Gasteiger partial charge in [0.25, 0.3) is 0 Å².